The van der Waals surface area contributed by atoms with Crippen LogP contribution in [0, 0.1) is 0 Å². The van der Waals surface area contributed by atoms with E-state index in [0.29, 0.717) is 0 Å². The zero-order chi connectivity index (χ0) is 35.3. The van der Waals surface area contributed by atoms with Gasteiger partial charge in [0.25, 0.3) is 0 Å². The Bertz CT molecular complexity index is 2610. The van der Waals surface area contributed by atoms with E-state index in [0.717, 1.165) is 12.8 Å². The summed E-state index contributed by atoms with van der Waals surface area (Å²) in [6, 6.07) is 64.9. The Morgan fingerprint density at radius 1 is 0.509 bits per heavy atom. The van der Waals surface area contributed by atoms with Crippen molar-refractivity contribution in [2.45, 2.75) is 31.7 Å². The van der Waals surface area contributed by atoms with Crippen LogP contribution in [-0.2, 0) is 6.42 Å². The molecule has 2 heterocycles. The second-order valence-electron chi connectivity index (χ2n) is 14.4. The molecule has 2 unspecified atom stereocenters. The summed E-state index contributed by atoms with van der Waals surface area (Å²) >= 11 is 0. The van der Waals surface area contributed by atoms with Crippen molar-refractivity contribution >= 4 is 28.4 Å². The molecule has 0 saturated carbocycles. The van der Waals surface area contributed by atoms with Crippen molar-refractivity contribution in [2.75, 3.05) is 4.90 Å². The molecule has 2 atom stereocenters. The normalized spacial score (nSPS) is 15.7. The van der Waals surface area contributed by atoms with Gasteiger partial charge in [-0.05, 0) is 99.0 Å². The topological polar surface area (TPSA) is 8.17 Å². The van der Waals surface area contributed by atoms with Crippen LogP contribution in [0.4, 0.5) is 11.4 Å². The minimum Gasteiger partial charge on any atom is -0.333 e. The quantitative estimate of drug-likeness (QED) is 0.163. The average molecular weight is 681 g/mol. The van der Waals surface area contributed by atoms with Crippen molar-refractivity contribution in [3.63, 3.8) is 0 Å². The van der Waals surface area contributed by atoms with E-state index in [1.54, 1.807) is 0 Å². The maximum atomic E-state index is 2.55. The van der Waals surface area contributed by atoms with Gasteiger partial charge in [0.1, 0.15) is 0 Å². The molecule has 2 heteroatoms. The van der Waals surface area contributed by atoms with Gasteiger partial charge in [-0.2, -0.15) is 0 Å². The highest BCUT2D eigenvalue weighted by Gasteiger charge is 2.43. The molecule has 0 spiro atoms. The third kappa shape index (κ3) is 5.33. The lowest BCUT2D eigenvalue weighted by atomic mass is 9.82. The fraction of sp³-hybridized carbons (Fsp3) is 0.0980. The second kappa shape index (κ2) is 13.0. The van der Waals surface area contributed by atoms with Gasteiger partial charge in [-0.15, -0.1) is 0 Å². The summed E-state index contributed by atoms with van der Waals surface area (Å²) < 4.78 is 2.46. The van der Waals surface area contributed by atoms with Crippen LogP contribution in [0.25, 0.3) is 56.0 Å². The van der Waals surface area contributed by atoms with Crippen molar-refractivity contribution in [2.24, 2.45) is 0 Å². The molecule has 1 aliphatic heterocycles. The molecular formula is C51H40N2. The minimum absolute atomic E-state index is 0.174. The van der Waals surface area contributed by atoms with Crippen molar-refractivity contribution in [3.8, 4) is 39.1 Å². The number of fused-ring (bicyclic) bond motifs is 7. The molecule has 0 saturated heterocycles. The van der Waals surface area contributed by atoms with Crippen LogP contribution in [-0.4, -0.2) is 10.6 Å². The smallest absolute Gasteiger partial charge is 0.0637 e. The maximum absolute atomic E-state index is 2.55. The Hall–Kier alpha value is -6.38. The van der Waals surface area contributed by atoms with Gasteiger partial charge < -0.3 is 9.47 Å². The van der Waals surface area contributed by atoms with E-state index in [9.17, 15) is 0 Å². The summed E-state index contributed by atoms with van der Waals surface area (Å²) in [5, 5.41) is 1.32. The molecular weight excluding hydrogens is 641 g/mol. The lowest BCUT2D eigenvalue weighted by Crippen LogP contribution is -2.30. The third-order valence-electron chi connectivity index (χ3n) is 11.3. The predicted molar refractivity (Wildman–Crippen MR) is 223 cm³/mol. The number of rotatable bonds is 7. The summed E-state index contributed by atoms with van der Waals surface area (Å²) in [7, 11) is 0. The Labute approximate surface area is 311 Å². The third-order valence-corrected chi connectivity index (χ3v) is 11.3. The molecule has 53 heavy (non-hydrogen) atoms. The van der Waals surface area contributed by atoms with Crippen LogP contribution < -0.4 is 4.90 Å². The highest BCUT2D eigenvalue weighted by atomic mass is 15.2. The van der Waals surface area contributed by atoms with Crippen molar-refractivity contribution < 1.29 is 0 Å². The first-order chi connectivity index (χ1) is 26.2. The van der Waals surface area contributed by atoms with E-state index in [1.807, 2.05) is 0 Å². The first-order valence-electron chi connectivity index (χ1n) is 18.9. The number of nitrogens with zero attached hydrogens (tertiary/aromatic N) is 2. The molecule has 0 amide bonds. The summed E-state index contributed by atoms with van der Waals surface area (Å²) in [4.78, 5) is 2.55. The van der Waals surface area contributed by atoms with E-state index >= 15 is 0 Å². The first kappa shape index (κ1) is 31.4. The molecule has 10 rings (SSSR count). The molecule has 2 nitrogen and oxygen atoms in total. The number of benzene rings is 7. The van der Waals surface area contributed by atoms with E-state index in [2.05, 4.69) is 204 Å². The van der Waals surface area contributed by atoms with Gasteiger partial charge in [0, 0.05) is 28.4 Å². The molecule has 0 N–H and O–H groups in total. The number of anilines is 2. The summed E-state index contributed by atoms with van der Waals surface area (Å²) in [5.74, 6) is 0.212. The average Bonchev–Trinajstić information content (AvgIpc) is 3.74. The molecule has 0 bridgehead atoms. The molecule has 8 aromatic rings. The number of hydrogen-bond donors (Lipinski definition) is 0. The highest BCUT2D eigenvalue weighted by Crippen LogP contribution is 2.54. The van der Waals surface area contributed by atoms with E-state index in [1.165, 1.54) is 83.7 Å². The fourth-order valence-electron chi connectivity index (χ4n) is 8.84. The Morgan fingerprint density at radius 3 is 1.83 bits per heavy atom. The Balaban J connectivity index is 0.998. The SMILES string of the molecule is CCCc1cccc(-c2ccc(-c3ccc(N4c5ccccc5C5c6c(n(-c7ccc(-c8ccccc8)cc7)c7ccccc67)C=CC54)cc3)cc2)c1. The molecule has 0 fully saturated rings. The molecule has 2 aliphatic rings. The molecule has 1 aromatic heterocycles. The lowest BCUT2D eigenvalue weighted by molar-refractivity contribution is 0.725. The van der Waals surface area contributed by atoms with Crippen LogP contribution in [0.15, 0.2) is 182 Å². The largest absolute Gasteiger partial charge is 0.333 e. The van der Waals surface area contributed by atoms with Gasteiger partial charge in [0.15, 0.2) is 0 Å². The molecule has 7 aromatic carbocycles. The Kier molecular flexibility index (Phi) is 7.69. The number of aromatic nitrogens is 1. The van der Waals surface area contributed by atoms with Gasteiger partial charge in [-0.25, -0.2) is 0 Å². The van der Waals surface area contributed by atoms with E-state index in [4.69, 9.17) is 0 Å². The number of hydrogen-bond acceptors (Lipinski definition) is 1. The standard InChI is InChI=1S/C51H40N2/c1-2-11-35-12-10-15-41(34-35)40-22-20-37(21-23-40)39-26-30-43(31-27-39)53-47-19-9-7-17-45(47)51-49(53)33-32-48-50(51)44-16-6-8-18-46(44)52(48)42-28-24-38(25-29-42)36-13-4-3-5-14-36/h3-10,12-34,49,51H,2,11H2,1H3. The minimum atomic E-state index is 0.174. The zero-order valence-corrected chi connectivity index (χ0v) is 29.9. The molecule has 0 radical (unpaired) electrons. The summed E-state index contributed by atoms with van der Waals surface area (Å²) in [6.07, 6.45) is 7.08. The number of aryl methyl sites for hydroxylation is 1. The van der Waals surface area contributed by atoms with Gasteiger partial charge in [0.05, 0.1) is 17.3 Å². The van der Waals surface area contributed by atoms with Crippen LogP contribution in [0.2, 0.25) is 0 Å². The summed E-state index contributed by atoms with van der Waals surface area (Å²) in [5.41, 5.74) is 17.9. The second-order valence-corrected chi connectivity index (χ2v) is 14.4. The highest BCUT2D eigenvalue weighted by molar-refractivity contribution is 5.94. The van der Waals surface area contributed by atoms with Crippen LogP contribution in [0.5, 0.6) is 0 Å². The van der Waals surface area contributed by atoms with Crippen LogP contribution >= 0.6 is 0 Å². The van der Waals surface area contributed by atoms with E-state index in [-0.39, 0.29) is 12.0 Å². The van der Waals surface area contributed by atoms with Crippen molar-refractivity contribution in [3.05, 3.63) is 204 Å². The van der Waals surface area contributed by atoms with Gasteiger partial charge >= 0.3 is 0 Å². The maximum Gasteiger partial charge on any atom is 0.0637 e. The van der Waals surface area contributed by atoms with Crippen molar-refractivity contribution in [1.29, 1.82) is 0 Å². The first-order valence-corrected chi connectivity index (χ1v) is 18.9. The van der Waals surface area contributed by atoms with Gasteiger partial charge in [-0.3, -0.25) is 0 Å². The monoisotopic (exact) mass is 680 g/mol. The fourth-order valence-corrected chi connectivity index (χ4v) is 8.84. The number of para-hydroxylation sites is 2. The van der Waals surface area contributed by atoms with Gasteiger partial charge in [0.2, 0.25) is 0 Å². The zero-order valence-electron chi connectivity index (χ0n) is 29.9. The predicted octanol–water partition coefficient (Wildman–Crippen LogP) is 13.3. The summed E-state index contributed by atoms with van der Waals surface area (Å²) in [6.45, 7) is 2.24. The molecule has 254 valence electrons. The van der Waals surface area contributed by atoms with Crippen molar-refractivity contribution in [1.82, 2.24) is 4.57 Å². The van der Waals surface area contributed by atoms with Crippen LogP contribution in [0.3, 0.4) is 0 Å². The van der Waals surface area contributed by atoms with E-state index < -0.39 is 0 Å². The van der Waals surface area contributed by atoms with Crippen LogP contribution in [0.1, 0.15) is 41.6 Å². The van der Waals surface area contributed by atoms with Gasteiger partial charge in [-0.1, -0.05) is 159 Å². The molecule has 1 aliphatic carbocycles. The Morgan fingerprint density at radius 2 is 1.09 bits per heavy atom. The lowest BCUT2D eigenvalue weighted by Gasteiger charge is -2.31.